The van der Waals surface area contributed by atoms with Crippen molar-refractivity contribution >= 4 is 35.2 Å². The van der Waals surface area contributed by atoms with Gasteiger partial charge in [-0.1, -0.05) is 6.07 Å². The molecule has 0 bridgehead atoms. The Kier molecular flexibility index (Phi) is 8.15. The van der Waals surface area contributed by atoms with Crippen LogP contribution >= 0.6 is 0 Å². The molecule has 1 amide bonds. The zero-order chi connectivity index (χ0) is 30.8. The minimum absolute atomic E-state index is 0.175. The van der Waals surface area contributed by atoms with Gasteiger partial charge in [0.05, 0.1) is 40.6 Å². The van der Waals surface area contributed by atoms with Gasteiger partial charge in [0.15, 0.2) is 0 Å². The second-order valence-corrected chi connectivity index (χ2v) is 11.4. The van der Waals surface area contributed by atoms with E-state index in [4.69, 9.17) is 9.90 Å². The SMILES string of the molecule is O=C1NCc2c(-c3cnc4cc(F)ccn34)ccc(Nc3ccc(N4CCCC(O)(CN5CC[C@H](F)C5)C4)cn3)c21.O=CO. The van der Waals surface area contributed by atoms with Gasteiger partial charge in [0.1, 0.15) is 23.5 Å². The van der Waals surface area contributed by atoms with Crippen molar-refractivity contribution in [1.82, 2.24) is 24.6 Å². The van der Waals surface area contributed by atoms with Gasteiger partial charge in [0.2, 0.25) is 0 Å². The number of benzene rings is 1. The first-order chi connectivity index (χ1) is 21.3. The summed E-state index contributed by atoms with van der Waals surface area (Å²) >= 11 is 0. The van der Waals surface area contributed by atoms with Gasteiger partial charge in [0.25, 0.3) is 12.4 Å². The number of imidazole rings is 1. The fraction of sp³-hybridized carbons (Fsp3) is 0.355. The normalized spacial score (nSPS) is 21.5. The Bertz CT molecular complexity index is 1680. The molecule has 4 aromatic rings. The third-order valence-corrected chi connectivity index (χ3v) is 8.38. The van der Waals surface area contributed by atoms with Crippen molar-refractivity contribution in [2.24, 2.45) is 0 Å². The van der Waals surface area contributed by atoms with E-state index >= 15 is 0 Å². The molecule has 2 atom stereocenters. The van der Waals surface area contributed by atoms with E-state index in [9.17, 15) is 18.7 Å². The molecule has 3 aliphatic heterocycles. The molecule has 6 heterocycles. The number of amides is 1. The number of aliphatic hydroxyl groups is 1. The van der Waals surface area contributed by atoms with E-state index in [1.165, 1.54) is 12.1 Å². The molecule has 3 aliphatic rings. The van der Waals surface area contributed by atoms with Crippen LogP contribution in [-0.2, 0) is 11.3 Å². The van der Waals surface area contributed by atoms with E-state index in [0.717, 1.165) is 35.5 Å². The average molecular weight is 606 g/mol. The number of hydrogen-bond acceptors (Lipinski definition) is 8. The lowest BCUT2D eigenvalue weighted by atomic mass is 9.92. The highest BCUT2D eigenvalue weighted by atomic mass is 19.1. The summed E-state index contributed by atoms with van der Waals surface area (Å²) in [4.78, 5) is 34.3. The number of hydrogen-bond donors (Lipinski definition) is 4. The fourth-order valence-corrected chi connectivity index (χ4v) is 6.44. The molecule has 4 N–H and O–H groups in total. The number of likely N-dealkylation sites (tertiary alicyclic amines) is 1. The number of nitrogens with one attached hydrogen (secondary N) is 2. The first-order valence-electron chi connectivity index (χ1n) is 14.5. The first kappa shape index (κ1) is 29.5. The Balaban J connectivity index is 0.00000110. The summed E-state index contributed by atoms with van der Waals surface area (Å²) in [5, 5.41) is 24.4. The van der Waals surface area contributed by atoms with E-state index in [1.54, 1.807) is 23.0 Å². The van der Waals surface area contributed by atoms with Crippen LogP contribution in [0.5, 0.6) is 0 Å². The number of pyridine rings is 2. The number of carbonyl (C=O) groups is 2. The van der Waals surface area contributed by atoms with Gasteiger partial charge >= 0.3 is 0 Å². The quantitative estimate of drug-likeness (QED) is 0.243. The number of piperidine rings is 1. The molecule has 3 aromatic heterocycles. The van der Waals surface area contributed by atoms with Crippen LogP contribution in [-0.4, -0.2) is 86.4 Å². The average Bonchev–Trinajstić information content (AvgIpc) is 3.72. The summed E-state index contributed by atoms with van der Waals surface area (Å²) in [5.74, 6) is 0.0571. The maximum absolute atomic E-state index is 13.7. The number of anilines is 3. The first-order valence-corrected chi connectivity index (χ1v) is 14.5. The predicted molar refractivity (Wildman–Crippen MR) is 160 cm³/mol. The number of carboxylic acid groups (broad SMARTS) is 1. The van der Waals surface area contributed by atoms with Gasteiger partial charge in [-0.05, 0) is 49.1 Å². The Morgan fingerprint density at radius 2 is 2.00 bits per heavy atom. The van der Waals surface area contributed by atoms with Crippen LogP contribution in [0, 0.1) is 5.82 Å². The van der Waals surface area contributed by atoms with Crippen molar-refractivity contribution < 1.29 is 28.6 Å². The summed E-state index contributed by atoms with van der Waals surface area (Å²) in [7, 11) is 0. The third kappa shape index (κ3) is 5.92. The topological polar surface area (TPSA) is 135 Å². The molecule has 13 heteroatoms. The van der Waals surface area contributed by atoms with Crippen LogP contribution in [0.2, 0.25) is 0 Å². The highest BCUT2D eigenvalue weighted by Gasteiger charge is 2.37. The van der Waals surface area contributed by atoms with Crippen molar-refractivity contribution in [1.29, 1.82) is 0 Å². The number of carbonyl (C=O) groups excluding carboxylic acids is 1. The molecule has 7 rings (SSSR count). The standard InChI is InChI=1S/C30H31F2N7O2.CH2O2/c31-19-7-11-39-25(15-34-27(39)12-19)22-3-4-24(28-23(22)14-35-29(28)40)36-26-5-2-21(13-33-26)38-9-1-8-30(41,18-38)17-37-10-6-20(32)16-37;2-1-3/h2-5,7,11-13,15,20,41H,1,6,8-10,14,16-18H2,(H,33,36)(H,35,40);1H,(H,2,3)/t20-,30?;/m0./s1. The monoisotopic (exact) mass is 605 g/mol. The van der Waals surface area contributed by atoms with Crippen molar-refractivity contribution in [3.05, 3.63) is 71.9 Å². The molecule has 230 valence electrons. The van der Waals surface area contributed by atoms with Crippen LogP contribution in [0.4, 0.5) is 26.0 Å². The van der Waals surface area contributed by atoms with Crippen LogP contribution in [0.15, 0.2) is 55.0 Å². The molecule has 11 nitrogen and oxygen atoms in total. The van der Waals surface area contributed by atoms with E-state index in [0.29, 0.717) is 68.3 Å². The maximum Gasteiger partial charge on any atom is 0.290 e. The van der Waals surface area contributed by atoms with Gasteiger partial charge in [-0.25, -0.2) is 18.7 Å². The maximum atomic E-state index is 13.7. The van der Waals surface area contributed by atoms with Crippen molar-refractivity contribution in [3.8, 4) is 11.3 Å². The zero-order valence-corrected chi connectivity index (χ0v) is 23.9. The van der Waals surface area contributed by atoms with E-state index < -0.39 is 11.8 Å². The molecular weight excluding hydrogens is 572 g/mol. The predicted octanol–water partition coefficient (Wildman–Crippen LogP) is 3.60. The van der Waals surface area contributed by atoms with Crippen molar-refractivity contribution in [2.75, 3.05) is 42.9 Å². The Morgan fingerprint density at radius 3 is 2.75 bits per heavy atom. The number of β-amino-alcohol motifs (C(OH)–C–C–N with tert-alkyl or cyclic N) is 1. The smallest absolute Gasteiger partial charge is 0.290 e. The second-order valence-electron chi connectivity index (χ2n) is 11.4. The molecule has 2 saturated heterocycles. The highest BCUT2D eigenvalue weighted by molar-refractivity contribution is 6.06. The third-order valence-electron chi connectivity index (χ3n) is 8.38. The number of aromatic nitrogens is 3. The molecule has 44 heavy (non-hydrogen) atoms. The van der Waals surface area contributed by atoms with E-state index in [2.05, 4.69) is 25.5 Å². The van der Waals surface area contributed by atoms with Crippen LogP contribution in [0.1, 0.15) is 35.2 Å². The van der Waals surface area contributed by atoms with E-state index in [1.807, 2.05) is 29.2 Å². The van der Waals surface area contributed by atoms with Gasteiger partial charge in [0, 0.05) is 57.1 Å². The largest absolute Gasteiger partial charge is 0.483 e. The molecule has 0 aliphatic carbocycles. The van der Waals surface area contributed by atoms with Gasteiger partial charge < -0.3 is 25.7 Å². The van der Waals surface area contributed by atoms with Gasteiger partial charge in [-0.2, -0.15) is 0 Å². The van der Waals surface area contributed by atoms with Crippen molar-refractivity contribution in [3.63, 3.8) is 0 Å². The summed E-state index contributed by atoms with van der Waals surface area (Å²) in [6, 6.07) is 10.4. The molecule has 0 saturated carbocycles. The number of fused-ring (bicyclic) bond motifs is 2. The number of rotatable bonds is 6. The Hall–Kier alpha value is -4.62. The fourth-order valence-electron chi connectivity index (χ4n) is 6.44. The Morgan fingerprint density at radius 1 is 1.16 bits per heavy atom. The minimum atomic E-state index is -0.885. The van der Waals surface area contributed by atoms with Crippen LogP contribution in [0.3, 0.4) is 0 Å². The summed E-state index contributed by atoms with van der Waals surface area (Å²) in [6.45, 7) is 2.97. The number of alkyl halides is 1. The molecule has 0 spiro atoms. The molecule has 2 fully saturated rings. The number of halogens is 2. The molecule has 0 radical (unpaired) electrons. The summed E-state index contributed by atoms with van der Waals surface area (Å²) in [6.07, 6.45) is 6.36. The lowest BCUT2D eigenvalue weighted by Crippen LogP contribution is -2.54. The Labute approximate surface area is 252 Å². The summed E-state index contributed by atoms with van der Waals surface area (Å²) < 4.78 is 29.1. The molecule has 1 aromatic carbocycles. The van der Waals surface area contributed by atoms with Gasteiger partial charge in [-0.3, -0.25) is 18.9 Å². The lowest BCUT2D eigenvalue weighted by Gasteiger charge is -2.42. The highest BCUT2D eigenvalue weighted by Crippen LogP contribution is 2.36. The second kappa shape index (κ2) is 12.2. The molecule has 1 unspecified atom stereocenters. The minimum Gasteiger partial charge on any atom is -0.483 e. The number of nitrogens with zero attached hydrogens (tertiary/aromatic N) is 5. The lowest BCUT2D eigenvalue weighted by molar-refractivity contribution is -0.122. The van der Waals surface area contributed by atoms with Crippen molar-refractivity contribution in [2.45, 2.75) is 37.6 Å². The zero-order valence-electron chi connectivity index (χ0n) is 23.9. The van der Waals surface area contributed by atoms with Crippen LogP contribution in [0.25, 0.3) is 16.9 Å². The van der Waals surface area contributed by atoms with E-state index in [-0.39, 0.29) is 18.2 Å². The van der Waals surface area contributed by atoms with Crippen LogP contribution < -0.4 is 15.5 Å². The summed E-state index contributed by atoms with van der Waals surface area (Å²) in [5.41, 5.74) is 4.16. The molecular formula is C31H33F2N7O4. The van der Waals surface area contributed by atoms with Gasteiger partial charge in [-0.15, -0.1) is 0 Å².